The molecule has 0 bridgehead atoms. The Hall–Kier alpha value is -0.820. The molecule has 0 radical (unpaired) electrons. The first-order chi connectivity index (χ1) is 5.83. The maximum absolute atomic E-state index is 5.98. The Morgan fingerprint density at radius 2 is 2.08 bits per heavy atom. The third-order valence-corrected chi connectivity index (χ3v) is 3.53. The fourth-order valence-corrected chi connectivity index (χ4v) is 2.65. The molecule has 2 atom stereocenters. The van der Waals surface area contributed by atoms with Crippen LogP contribution in [0, 0.1) is 0 Å². The molecule has 1 unspecified atom stereocenters. The first-order valence-electron chi connectivity index (χ1n) is 4.67. The van der Waals surface area contributed by atoms with Gasteiger partial charge in [-0.3, -0.25) is 0 Å². The van der Waals surface area contributed by atoms with Gasteiger partial charge in [-0.1, -0.05) is 24.3 Å². The van der Waals surface area contributed by atoms with Crippen molar-refractivity contribution in [3.8, 4) is 0 Å². The van der Waals surface area contributed by atoms with Gasteiger partial charge in [0.15, 0.2) is 0 Å². The fourth-order valence-electron chi connectivity index (χ4n) is 2.65. The Bertz CT molecular complexity index is 332. The van der Waals surface area contributed by atoms with Crippen molar-refractivity contribution in [3.63, 3.8) is 0 Å². The number of fused-ring (bicyclic) bond motifs is 2. The Labute approximate surface area is 72.6 Å². The first-order valence-corrected chi connectivity index (χ1v) is 4.67. The average Bonchev–Trinajstić information content (AvgIpc) is 2.58. The fraction of sp³-hybridized carbons (Fsp3) is 0.455. The van der Waals surface area contributed by atoms with Crippen molar-refractivity contribution < 1.29 is 0 Å². The molecule has 2 aliphatic carbocycles. The third kappa shape index (κ3) is 0.632. The summed E-state index contributed by atoms with van der Waals surface area (Å²) >= 11 is 0. The molecule has 62 valence electrons. The van der Waals surface area contributed by atoms with Crippen LogP contribution >= 0.6 is 0 Å². The van der Waals surface area contributed by atoms with E-state index in [0.29, 0.717) is 11.5 Å². The van der Waals surface area contributed by atoms with E-state index in [1.54, 1.807) is 0 Å². The molecule has 1 aromatic carbocycles. The van der Waals surface area contributed by atoms with E-state index in [0.717, 1.165) is 0 Å². The number of benzene rings is 1. The Kier molecular flexibility index (Phi) is 1.06. The van der Waals surface area contributed by atoms with Crippen LogP contribution in [0.1, 0.15) is 24.0 Å². The summed E-state index contributed by atoms with van der Waals surface area (Å²) in [5.41, 5.74) is 9.46. The molecule has 12 heavy (non-hydrogen) atoms. The second kappa shape index (κ2) is 1.91. The van der Waals surface area contributed by atoms with Crippen molar-refractivity contribution in [1.82, 2.24) is 0 Å². The van der Waals surface area contributed by atoms with Crippen LogP contribution in [0.15, 0.2) is 24.3 Å². The minimum Gasteiger partial charge on any atom is -0.327 e. The van der Waals surface area contributed by atoms with Gasteiger partial charge in [0.25, 0.3) is 0 Å². The van der Waals surface area contributed by atoms with E-state index in [-0.39, 0.29) is 0 Å². The van der Waals surface area contributed by atoms with E-state index >= 15 is 0 Å². The zero-order chi connectivity index (χ0) is 8.18. The lowest BCUT2D eigenvalue weighted by Crippen LogP contribution is -2.14. The monoisotopic (exact) mass is 159 g/mol. The number of rotatable bonds is 0. The highest BCUT2D eigenvalue weighted by Gasteiger charge is 2.55. The van der Waals surface area contributed by atoms with E-state index in [1.807, 2.05) is 0 Å². The summed E-state index contributed by atoms with van der Waals surface area (Å²) in [5.74, 6) is 0. The maximum atomic E-state index is 5.98. The highest BCUT2D eigenvalue weighted by Crippen LogP contribution is 2.55. The van der Waals surface area contributed by atoms with Gasteiger partial charge in [-0.25, -0.2) is 0 Å². The number of aryl methyl sites for hydroxylation is 1. The van der Waals surface area contributed by atoms with Crippen LogP contribution in [-0.2, 0) is 11.8 Å². The largest absolute Gasteiger partial charge is 0.327 e. The summed E-state index contributed by atoms with van der Waals surface area (Å²) in [6.07, 6.45) is 3.74. The smallest absolute Gasteiger partial charge is 0.0146 e. The van der Waals surface area contributed by atoms with Gasteiger partial charge in [0.05, 0.1) is 0 Å². The van der Waals surface area contributed by atoms with E-state index < -0.39 is 0 Å². The Morgan fingerprint density at radius 3 is 2.83 bits per heavy atom. The first kappa shape index (κ1) is 6.67. The van der Waals surface area contributed by atoms with Gasteiger partial charge in [0, 0.05) is 11.5 Å². The molecule has 1 heteroatoms. The SMILES string of the molecule is N[C@H]1CC12CCc1ccccc12. The van der Waals surface area contributed by atoms with Crippen LogP contribution in [0.5, 0.6) is 0 Å². The van der Waals surface area contributed by atoms with Gasteiger partial charge in [0.2, 0.25) is 0 Å². The molecule has 1 nitrogen and oxygen atoms in total. The lowest BCUT2D eigenvalue weighted by molar-refractivity contribution is 0.651. The topological polar surface area (TPSA) is 26.0 Å². The second-order valence-electron chi connectivity index (χ2n) is 4.12. The van der Waals surface area contributed by atoms with Crippen molar-refractivity contribution in [3.05, 3.63) is 35.4 Å². The van der Waals surface area contributed by atoms with Gasteiger partial charge in [-0.05, 0) is 30.4 Å². The summed E-state index contributed by atoms with van der Waals surface area (Å²) in [6.45, 7) is 0. The molecule has 0 heterocycles. The number of hydrogen-bond donors (Lipinski definition) is 1. The molecule has 2 aliphatic rings. The summed E-state index contributed by atoms with van der Waals surface area (Å²) in [7, 11) is 0. The second-order valence-corrected chi connectivity index (χ2v) is 4.12. The van der Waals surface area contributed by atoms with Crippen molar-refractivity contribution in [1.29, 1.82) is 0 Å². The molecule has 0 saturated heterocycles. The van der Waals surface area contributed by atoms with Crippen LogP contribution in [0.3, 0.4) is 0 Å². The van der Waals surface area contributed by atoms with E-state index in [9.17, 15) is 0 Å². The highest BCUT2D eigenvalue weighted by molar-refractivity contribution is 5.46. The van der Waals surface area contributed by atoms with Gasteiger partial charge in [-0.2, -0.15) is 0 Å². The van der Waals surface area contributed by atoms with E-state index in [2.05, 4.69) is 24.3 Å². The molecular weight excluding hydrogens is 146 g/mol. The molecule has 2 N–H and O–H groups in total. The van der Waals surface area contributed by atoms with Crippen molar-refractivity contribution in [2.45, 2.75) is 30.7 Å². The molecule has 1 saturated carbocycles. The molecule has 1 fully saturated rings. The Balaban J connectivity index is 2.15. The summed E-state index contributed by atoms with van der Waals surface area (Å²) in [6, 6.07) is 9.22. The zero-order valence-electron chi connectivity index (χ0n) is 7.09. The van der Waals surface area contributed by atoms with E-state index in [1.165, 1.54) is 30.4 Å². The van der Waals surface area contributed by atoms with Gasteiger partial charge in [0.1, 0.15) is 0 Å². The van der Waals surface area contributed by atoms with Crippen LogP contribution in [0.25, 0.3) is 0 Å². The summed E-state index contributed by atoms with van der Waals surface area (Å²) in [4.78, 5) is 0. The average molecular weight is 159 g/mol. The zero-order valence-corrected chi connectivity index (χ0v) is 7.09. The summed E-state index contributed by atoms with van der Waals surface area (Å²) in [5, 5.41) is 0. The lowest BCUT2D eigenvalue weighted by atomic mass is 9.98. The maximum Gasteiger partial charge on any atom is 0.0146 e. The third-order valence-electron chi connectivity index (χ3n) is 3.53. The van der Waals surface area contributed by atoms with Gasteiger partial charge < -0.3 is 5.73 Å². The van der Waals surface area contributed by atoms with Crippen LogP contribution < -0.4 is 5.73 Å². The minimum absolute atomic E-state index is 0.413. The predicted molar refractivity (Wildman–Crippen MR) is 49.0 cm³/mol. The van der Waals surface area contributed by atoms with Crippen LogP contribution in [0.4, 0.5) is 0 Å². The molecule has 3 rings (SSSR count). The minimum atomic E-state index is 0.413. The molecule has 0 aliphatic heterocycles. The Morgan fingerprint density at radius 1 is 1.33 bits per heavy atom. The molecule has 0 amide bonds. The van der Waals surface area contributed by atoms with Crippen molar-refractivity contribution >= 4 is 0 Å². The van der Waals surface area contributed by atoms with Crippen LogP contribution in [0.2, 0.25) is 0 Å². The normalized spacial score (nSPS) is 36.9. The van der Waals surface area contributed by atoms with Crippen molar-refractivity contribution in [2.24, 2.45) is 5.73 Å². The highest BCUT2D eigenvalue weighted by atomic mass is 14.8. The predicted octanol–water partition coefficient (Wildman–Crippen LogP) is 1.60. The van der Waals surface area contributed by atoms with Gasteiger partial charge >= 0.3 is 0 Å². The lowest BCUT2D eigenvalue weighted by Gasteiger charge is -2.08. The van der Waals surface area contributed by atoms with E-state index in [4.69, 9.17) is 5.73 Å². The number of hydrogen-bond acceptors (Lipinski definition) is 1. The van der Waals surface area contributed by atoms with Gasteiger partial charge in [-0.15, -0.1) is 0 Å². The molecule has 0 aromatic heterocycles. The standard InChI is InChI=1S/C11H13N/c12-10-7-11(10)6-5-8-3-1-2-4-9(8)11/h1-4,10H,5-7,12H2/t10-,11?/m0/s1. The molecule has 1 spiro atoms. The quantitative estimate of drug-likeness (QED) is 0.611. The number of nitrogens with two attached hydrogens (primary N) is 1. The van der Waals surface area contributed by atoms with Crippen LogP contribution in [-0.4, -0.2) is 6.04 Å². The molecular formula is C11H13N. The summed E-state index contributed by atoms with van der Waals surface area (Å²) < 4.78 is 0. The molecule has 1 aromatic rings. The van der Waals surface area contributed by atoms with Crippen molar-refractivity contribution in [2.75, 3.05) is 0 Å².